The second kappa shape index (κ2) is 6.62. The van der Waals surface area contributed by atoms with E-state index in [1.807, 2.05) is 6.07 Å². The predicted molar refractivity (Wildman–Crippen MR) is 85.0 cm³/mol. The van der Waals surface area contributed by atoms with Gasteiger partial charge in [0, 0.05) is 44.6 Å². The molecular formula is C16H24N4O2. The van der Waals surface area contributed by atoms with Crippen molar-refractivity contribution in [2.24, 2.45) is 5.73 Å². The lowest BCUT2D eigenvalue weighted by Crippen LogP contribution is -2.51. The van der Waals surface area contributed by atoms with Gasteiger partial charge in [-0.05, 0) is 25.8 Å². The Hall–Kier alpha value is -1.66. The number of primary amides is 1. The molecule has 1 amide bonds. The number of hydrogen-bond acceptors (Lipinski definition) is 5. The zero-order valence-electron chi connectivity index (χ0n) is 13.1. The minimum absolute atomic E-state index is 0.327. The molecule has 3 heterocycles. The minimum atomic E-state index is -0.410. The molecule has 0 saturated carbocycles. The third-order valence-electron chi connectivity index (χ3n) is 4.66. The van der Waals surface area contributed by atoms with Gasteiger partial charge in [-0.25, -0.2) is 0 Å². The molecule has 2 saturated heterocycles. The van der Waals surface area contributed by atoms with Crippen LogP contribution in [0, 0.1) is 0 Å². The standard InChI is InChI=1S/C16H24N4O2/c1-12-11-20(8-9-22-12)13-3-6-19(7-4-13)15-2-5-18-10-14(15)16(17)21/h2,5,10,12-13H,3-4,6-9,11H2,1H3,(H2,17,21). The SMILES string of the molecule is CC1CN(C2CCN(c3ccncc3C(N)=O)CC2)CCO1. The van der Waals surface area contributed by atoms with Crippen molar-refractivity contribution < 1.29 is 9.53 Å². The Balaban J connectivity index is 1.63. The number of rotatable bonds is 3. The van der Waals surface area contributed by atoms with Crippen LogP contribution in [0.15, 0.2) is 18.5 Å². The highest BCUT2D eigenvalue weighted by Gasteiger charge is 2.28. The Bertz CT molecular complexity index is 529. The minimum Gasteiger partial charge on any atom is -0.376 e. The molecular weight excluding hydrogens is 280 g/mol. The lowest BCUT2D eigenvalue weighted by Gasteiger charge is -2.42. The lowest BCUT2D eigenvalue weighted by molar-refractivity contribution is -0.0373. The fourth-order valence-corrected chi connectivity index (χ4v) is 3.50. The van der Waals surface area contributed by atoms with Crippen molar-refractivity contribution in [3.63, 3.8) is 0 Å². The van der Waals surface area contributed by atoms with Crippen LogP contribution in [0.3, 0.4) is 0 Å². The molecule has 2 N–H and O–H groups in total. The van der Waals surface area contributed by atoms with E-state index in [-0.39, 0.29) is 0 Å². The zero-order chi connectivity index (χ0) is 15.5. The molecule has 0 aromatic carbocycles. The topological polar surface area (TPSA) is 71.7 Å². The van der Waals surface area contributed by atoms with Crippen LogP contribution >= 0.6 is 0 Å². The maximum atomic E-state index is 11.5. The van der Waals surface area contributed by atoms with Gasteiger partial charge in [-0.15, -0.1) is 0 Å². The quantitative estimate of drug-likeness (QED) is 0.897. The first-order valence-electron chi connectivity index (χ1n) is 7.99. The summed E-state index contributed by atoms with van der Waals surface area (Å²) in [6.45, 7) is 6.90. The van der Waals surface area contributed by atoms with Gasteiger partial charge in [-0.2, -0.15) is 0 Å². The van der Waals surface area contributed by atoms with Gasteiger partial charge in [0.1, 0.15) is 0 Å². The summed E-state index contributed by atoms with van der Waals surface area (Å²) < 4.78 is 5.62. The van der Waals surface area contributed by atoms with Gasteiger partial charge in [0.2, 0.25) is 0 Å². The van der Waals surface area contributed by atoms with E-state index in [0.717, 1.165) is 51.3 Å². The van der Waals surface area contributed by atoms with Gasteiger partial charge in [0.15, 0.2) is 0 Å². The van der Waals surface area contributed by atoms with E-state index in [1.54, 1.807) is 12.4 Å². The largest absolute Gasteiger partial charge is 0.376 e. The molecule has 6 heteroatoms. The number of nitrogens with zero attached hydrogens (tertiary/aromatic N) is 3. The predicted octanol–water partition coefficient (Wildman–Crippen LogP) is 0.870. The maximum Gasteiger partial charge on any atom is 0.252 e. The summed E-state index contributed by atoms with van der Waals surface area (Å²) in [5.41, 5.74) is 6.88. The highest BCUT2D eigenvalue weighted by molar-refractivity contribution is 5.98. The fourth-order valence-electron chi connectivity index (χ4n) is 3.50. The molecule has 0 bridgehead atoms. The number of carbonyl (C=O) groups excluding carboxylic acids is 1. The number of piperidine rings is 1. The number of nitrogens with two attached hydrogens (primary N) is 1. The van der Waals surface area contributed by atoms with E-state index in [0.29, 0.717) is 17.7 Å². The Morgan fingerprint density at radius 2 is 2.14 bits per heavy atom. The van der Waals surface area contributed by atoms with Crippen molar-refractivity contribution in [2.75, 3.05) is 37.7 Å². The number of hydrogen-bond donors (Lipinski definition) is 1. The number of amides is 1. The lowest BCUT2D eigenvalue weighted by atomic mass is 10.0. The molecule has 2 aliphatic heterocycles. The third-order valence-corrected chi connectivity index (χ3v) is 4.66. The van der Waals surface area contributed by atoms with Gasteiger partial charge in [0.25, 0.3) is 5.91 Å². The van der Waals surface area contributed by atoms with Gasteiger partial charge < -0.3 is 15.4 Å². The molecule has 2 aliphatic rings. The van der Waals surface area contributed by atoms with Crippen molar-refractivity contribution in [1.29, 1.82) is 0 Å². The Kier molecular flexibility index (Phi) is 4.59. The second-order valence-electron chi connectivity index (χ2n) is 6.15. The number of aromatic nitrogens is 1. The molecule has 1 atom stereocenters. The Morgan fingerprint density at radius 3 is 2.82 bits per heavy atom. The third kappa shape index (κ3) is 3.23. The maximum absolute atomic E-state index is 11.5. The van der Waals surface area contributed by atoms with E-state index in [9.17, 15) is 4.79 Å². The van der Waals surface area contributed by atoms with Gasteiger partial charge in [0.05, 0.1) is 24.0 Å². The fraction of sp³-hybridized carbons (Fsp3) is 0.625. The van der Waals surface area contributed by atoms with Crippen molar-refractivity contribution in [3.8, 4) is 0 Å². The van der Waals surface area contributed by atoms with Crippen LogP contribution in [-0.2, 0) is 4.74 Å². The summed E-state index contributed by atoms with van der Waals surface area (Å²) in [4.78, 5) is 20.4. The highest BCUT2D eigenvalue weighted by Crippen LogP contribution is 2.26. The average molecular weight is 304 g/mol. The summed E-state index contributed by atoms with van der Waals surface area (Å²) in [7, 11) is 0. The number of anilines is 1. The number of ether oxygens (including phenoxy) is 1. The first-order chi connectivity index (χ1) is 10.6. The Labute approximate surface area is 131 Å². The summed E-state index contributed by atoms with van der Waals surface area (Å²) >= 11 is 0. The van der Waals surface area contributed by atoms with E-state index in [1.165, 1.54) is 0 Å². The highest BCUT2D eigenvalue weighted by atomic mass is 16.5. The van der Waals surface area contributed by atoms with Crippen molar-refractivity contribution in [1.82, 2.24) is 9.88 Å². The molecule has 2 fully saturated rings. The molecule has 6 nitrogen and oxygen atoms in total. The molecule has 1 aromatic heterocycles. The average Bonchev–Trinajstić information content (AvgIpc) is 2.55. The van der Waals surface area contributed by atoms with Crippen LogP contribution in [0.4, 0.5) is 5.69 Å². The monoisotopic (exact) mass is 304 g/mol. The molecule has 0 aliphatic carbocycles. The molecule has 1 aromatic rings. The van der Waals surface area contributed by atoms with E-state index < -0.39 is 5.91 Å². The van der Waals surface area contributed by atoms with Crippen LogP contribution in [0.25, 0.3) is 0 Å². The molecule has 1 unspecified atom stereocenters. The van der Waals surface area contributed by atoms with Crippen molar-refractivity contribution >= 4 is 11.6 Å². The summed E-state index contributed by atoms with van der Waals surface area (Å²) in [6, 6.07) is 2.50. The van der Waals surface area contributed by atoms with Crippen LogP contribution in [-0.4, -0.2) is 60.7 Å². The van der Waals surface area contributed by atoms with E-state index in [4.69, 9.17) is 10.5 Å². The zero-order valence-corrected chi connectivity index (χ0v) is 13.1. The van der Waals surface area contributed by atoms with Crippen molar-refractivity contribution in [3.05, 3.63) is 24.0 Å². The van der Waals surface area contributed by atoms with Gasteiger partial charge in [-0.1, -0.05) is 0 Å². The van der Waals surface area contributed by atoms with Crippen LogP contribution in [0.5, 0.6) is 0 Å². The first-order valence-corrected chi connectivity index (χ1v) is 7.99. The number of pyridine rings is 1. The molecule has 3 rings (SSSR count). The van der Waals surface area contributed by atoms with Crippen LogP contribution in [0.1, 0.15) is 30.1 Å². The second-order valence-corrected chi connectivity index (χ2v) is 6.15. The molecule has 0 radical (unpaired) electrons. The molecule has 0 spiro atoms. The summed E-state index contributed by atoms with van der Waals surface area (Å²) in [5.74, 6) is -0.410. The van der Waals surface area contributed by atoms with E-state index in [2.05, 4.69) is 21.7 Å². The smallest absolute Gasteiger partial charge is 0.252 e. The normalized spacial score (nSPS) is 24.4. The van der Waals surface area contributed by atoms with E-state index >= 15 is 0 Å². The van der Waals surface area contributed by atoms with Crippen molar-refractivity contribution in [2.45, 2.75) is 31.9 Å². The summed E-state index contributed by atoms with van der Waals surface area (Å²) in [5, 5.41) is 0. The van der Waals surface area contributed by atoms with Gasteiger partial charge >= 0.3 is 0 Å². The van der Waals surface area contributed by atoms with Crippen LogP contribution in [0.2, 0.25) is 0 Å². The molecule has 22 heavy (non-hydrogen) atoms. The van der Waals surface area contributed by atoms with Gasteiger partial charge in [-0.3, -0.25) is 14.7 Å². The first kappa shape index (κ1) is 15.2. The summed E-state index contributed by atoms with van der Waals surface area (Å²) in [6.07, 6.45) is 5.82. The Morgan fingerprint density at radius 1 is 1.36 bits per heavy atom. The number of carbonyl (C=O) groups is 1. The number of morpholine rings is 1. The van der Waals surface area contributed by atoms with Crippen LogP contribution < -0.4 is 10.6 Å². The molecule has 120 valence electrons.